The molecule has 0 spiro atoms. The van der Waals surface area contributed by atoms with E-state index < -0.39 is 15.9 Å². The van der Waals surface area contributed by atoms with Crippen LogP contribution in [0.4, 0.5) is 11.4 Å². The number of oxazole rings is 1. The topological polar surface area (TPSA) is 95.8 Å². The van der Waals surface area contributed by atoms with E-state index in [1.165, 1.54) is 4.31 Å². The highest BCUT2D eigenvalue weighted by atomic mass is 32.2. The van der Waals surface area contributed by atoms with Crippen LogP contribution in [0.3, 0.4) is 0 Å². The summed E-state index contributed by atoms with van der Waals surface area (Å²) in [5.41, 5.74) is 2.19. The summed E-state index contributed by atoms with van der Waals surface area (Å²) < 4.78 is 33.4. The Morgan fingerprint density at radius 3 is 2.41 bits per heavy atom. The predicted octanol–water partition coefficient (Wildman–Crippen LogP) is 4.53. The van der Waals surface area contributed by atoms with E-state index in [0.717, 1.165) is 37.2 Å². The maximum atomic E-state index is 13.2. The highest BCUT2D eigenvalue weighted by Gasteiger charge is 2.26. The summed E-state index contributed by atoms with van der Waals surface area (Å²) in [6.07, 6.45) is 2.10. The number of carbonyl (C=O) groups excluding carboxylic acids is 1. The zero-order valence-corrected chi connectivity index (χ0v) is 20.6. The molecule has 3 aromatic rings. The Balaban J connectivity index is 1.70. The molecule has 1 amide bonds. The summed E-state index contributed by atoms with van der Waals surface area (Å²) in [6, 6.07) is 14.3. The number of anilines is 2. The first-order valence-corrected chi connectivity index (χ1v) is 13.0. The van der Waals surface area contributed by atoms with Gasteiger partial charge < -0.3 is 14.6 Å². The molecule has 1 aromatic heterocycles. The van der Waals surface area contributed by atoms with Crippen molar-refractivity contribution < 1.29 is 17.6 Å². The summed E-state index contributed by atoms with van der Waals surface area (Å²) in [7, 11) is -3.68. The van der Waals surface area contributed by atoms with E-state index >= 15 is 0 Å². The van der Waals surface area contributed by atoms with Gasteiger partial charge in [0.15, 0.2) is 5.69 Å². The second kappa shape index (κ2) is 9.99. The molecule has 1 aliphatic rings. The number of hydrogen-bond acceptors (Lipinski definition) is 6. The van der Waals surface area contributed by atoms with Gasteiger partial charge in [-0.15, -0.1) is 0 Å². The number of aryl methyl sites for hydroxylation is 1. The van der Waals surface area contributed by atoms with Crippen molar-refractivity contribution in [1.82, 2.24) is 9.29 Å². The molecule has 1 aliphatic heterocycles. The Hall–Kier alpha value is -3.17. The van der Waals surface area contributed by atoms with Crippen LogP contribution in [-0.2, 0) is 10.0 Å². The summed E-state index contributed by atoms with van der Waals surface area (Å²) in [5, 5.41) is 2.91. The third-order valence-electron chi connectivity index (χ3n) is 6.04. The van der Waals surface area contributed by atoms with Crippen molar-refractivity contribution in [1.29, 1.82) is 0 Å². The minimum Gasteiger partial charge on any atom is -0.441 e. The molecule has 0 atom stereocenters. The molecule has 1 saturated heterocycles. The first-order valence-electron chi connectivity index (χ1n) is 11.6. The van der Waals surface area contributed by atoms with E-state index in [4.69, 9.17) is 4.42 Å². The van der Waals surface area contributed by atoms with Gasteiger partial charge in [0.05, 0.1) is 16.3 Å². The molecule has 34 heavy (non-hydrogen) atoms. The van der Waals surface area contributed by atoms with Gasteiger partial charge in [-0.05, 0) is 50.1 Å². The van der Waals surface area contributed by atoms with Gasteiger partial charge in [0, 0.05) is 31.7 Å². The maximum absolute atomic E-state index is 13.2. The highest BCUT2D eigenvalue weighted by Crippen LogP contribution is 2.33. The van der Waals surface area contributed by atoms with Crippen molar-refractivity contribution in [2.24, 2.45) is 0 Å². The van der Waals surface area contributed by atoms with Crippen LogP contribution in [0.2, 0.25) is 0 Å². The van der Waals surface area contributed by atoms with Crippen molar-refractivity contribution >= 4 is 27.3 Å². The van der Waals surface area contributed by atoms with E-state index in [1.807, 2.05) is 30.3 Å². The van der Waals surface area contributed by atoms with E-state index in [9.17, 15) is 13.2 Å². The number of nitrogens with one attached hydrogen (secondary N) is 1. The normalized spacial score (nSPS) is 14.1. The Bertz CT molecular complexity index is 1260. The summed E-state index contributed by atoms with van der Waals surface area (Å²) in [4.78, 5) is 20.0. The summed E-state index contributed by atoms with van der Waals surface area (Å²) in [6.45, 7) is 7.75. The molecule has 0 radical (unpaired) electrons. The van der Waals surface area contributed by atoms with Crippen molar-refractivity contribution in [3.63, 3.8) is 0 Å². The lowest BCUT2D eigenvalue weighted by Gasteiger charge is -2.24. The molecule has 0 saturated carbocycles. The molecule has 1 N–H and O–H groups in total. The number of amides is 1. The fraction of sp³-hybridized carbons (Fsp3) is 0.360. The number of sulfonamides is 1. The first kappa shape index (κ1) is 24.0. The molecule has 0 bridgehead atoms. The molecule has 8 nitrogen and oxygen atoms in total. The van der Waals surface area contributed by atoms with Gasteiger partial charge in [0.2, 0.25) is 15.9 Å². The largest absolute Gasteiger partial charge is 0.441 e. The lowest BCUT2D eigenvalue weighted by Crippen LogP contribution is -2.31. The van der Waals surface area contributed by atoms with Crippen LogP contribution in [0.15, 0.2) is 57.8 Å². The third kappa shape index (κ3) is 4.71. The van der Waals surface area contributed by atoms with Gasteiger partial charge in [-0.25, -0.2) is 13.4 Å². The van der Waals surface area contributed by atoms with Crippen molar-refractivity contribution in [3.8, 4) is 11.5 Å². The van der Waals surface area contributed by atoms with Gasteiger partial charge in [-0.1, -0.05) is 32.0 Å². The monoisotopic (exact) mass is 482 g/mol. The fourth-order valence-electron chi connectivity index (χ4n) is 4.21. The molecule has 0 aliphatic carbocycles. The van der Waals surface area contributed by atoms with Crippen LogP contribution in [0.5, 0.6) is 0 Å². The molecule has 180 valence electrons. The number of nitrogens with zero attached hydrogens (tertiary/aromatic N) is 3. The quantitative estimate of drug-likeness (QED) is 0.507. The Labute approximate surface area is 200 Å². The fourth-order valence-corrected chi connectivity index (χ4v) is 5.70. The van der Waals surface area contributed by atoms with Gasteiger partial charge in [0.25, 0.3) is 5.91 Å². The second-order valence-electron chi connectivity index (χ2n) is 8.21. The van der Waals surface area contributed by atoms with E-state index in [1.54, 1.807) is 39.0 Å². The van der Waals surface area contributed by atoms with Crippen molar-refractivity contribution in [2.45, 2.75) is 38.5 Å². The molecular weight excluding hydrogens is 452 g/mol. The summed E-state index contributed by atoms with van der Waals surface area (Å²) >= 11 is 0. The Kier molecular flexibility index (Phi) is 7.04. The first-order chi connectivity index (χ1) is 16.3. The maximum Gasteiger partial charge on any atom is 0.277 e. The molecule has 4 rings (SSSR count). The van der Waals surface area contributed by atoms with Gasteiger partial charge in [0.1, 0.15) is 5.76 Å². The van der Waals surface area contributed by atoms with Crippen LogP contribution in [0.25, 0.3) is 11.5 Å². The average Bonchev–Trinajstić information content (AvgIpc) is 3.50. The molecule has 9 heteroatoms. The van der Waals surface area contributed by atoms with Gasteiger partial charge in [-0.3, -0.25) is 4.79 Å². The lowest BCUT2D eigenvalue weighted by atomic mass is 10.2. The minimum absolute atomic E-state index is 0.149. The van der Waals surface area contributed by atoms with E-state index in [2.05, 4.69) is 15.2 Å². The summed E-state index contributed by atoms with van der Waals surface area (Å²) in [5.74, 6) is 0.313. The van der Waals surface area contributed by atoms with Crippen molar-refractivity contribution in [2.75, 3.05) is 36.4 Å². The molecule has 2 aromatic carbocycles. The van der Waals surface area contributed by atoms with Crippen LogP contribution in [0.1, 0.15) is 42.9 Å². The predicted molar refractivity (Wildman–Crippen MR) is 133 cm³/mol. The third-order valence-corrected chi connectivity index (χ3v) is 8.08. The number of carbonyl (C=O) groups is 1. The average molecular weight is 483 g/mol. The molecule has 0 unspecified atom stereocenters. The number of benzene rings is 2. The smallest absolute Gasteiger partial charge is 0.277 e. The van der Waals surface area contributed by atoms with Gasteiger partial charge >= 0.3 is 0 Å². The van der Waals surface area contributed by atoms with Crippen LogP contribution in [-0.4, -0.2) is 49.8 Å². The Morgan fingerprint density at radius 1 is 1.09 bits per heavy atom. The minimum atomic E-state index is -3.68. The highest BCUT2D eigenvalue weighted by molar-refractivity contribution is 7.89. The molecule has 2 heterocycles. The van der Waals surface area contributed by atoms with Crippen LogP contribution < -0.4 is 10.2 Å². The standard InChI is InChI=1S/C25H30N4O4S/c1-4-29(5-2)34(31,32)20-13-14-22(28-15-9-10-16-28)21(17-20)26-24(30)23-18(3)33-25(27-23)19-11-7-6-8-12-19/h6-8,11-14,17H,4-5,9-10,15-16H2,1-3H3,(H,26,30). The van der Waals surface area contributed by atoms with Gasteiger partial charge in [-0.2, -0.15) is 4.31 Å². The van der Waals surface area contributed by atoms with Crippen LogP contribution in [0, 0.1) is 6.92 Å². The van der Waals surface area contributed by atoms with Crippen LogP contribution >= 0.6 is 0 Å². The second-order valence-corrected chi connectivity index (χ2v) is 10.1. The van der Waals surface area contributed by atoms with Crippen molar-refractivity contribution in [3.05, 3.63) is 60.0 Å². The number of rotatable bonds is 8. The van der Waals surface area contributed by atoms with E-state index in [-0.39, 0.29) is 10.6 Å². The Morgan fingerprint density at radius 2 is 1.76 bits per heavy atom. The molecular formula is C25H30N4O4S. The number of aromatic nitrogens is 1. The molecule has 1 fully saturated rings. The zero-order valence-electron chi connectivity index (χ0n) is 19.7. The SMILES string of the molecule is CCN(CC)S(=O)(=O)c1ccc(N2CCCC2)c(NC(=O)c2nc(-c3ccccc3)oc2C)c1. The zero-order chi connectivity index (χ0) is 24.3. The lowest BCUT2D eigenvalue weighted by molar-refractivity contribution is 0.102. The number of hydrogen-bond donors (Lipinski definition) is 1. The van der Waals surface area contributed by atoms with E-state index in [0.29, 0.717) is 30.4 Å².